The van der Waals surface area contributed by atoms with Gasteiger partial charge in [0.25, 0.3) is 11.4 Å². The highest BCUT2D eigenvalue weighted by atomic mass is 19.3. The molecule has 0 saturated carbocycles. The quantitative estimate of drug-likeness (QED) is 0.321. The molecule has 0 atom stereocenters. The van der Waals surface area contributed by atoms with Crippen LogP contribution < -0.4 is 15.0 Å². The van der Waals surface area contributed by atoms with E-state index in [1.807, 2.05) is 24.3 Å². The standard InChI is InChI=1S/C24H21F2N3O5/c1-31-11-12-32-20-4-2-3-16(13-20)14-29-15-18(7-10-21(29)30)22-27-23(34-28-22)17-5-8-19(9-6-17)33-24(25)26/h2-10,13,15,24H,11-12,14H2,1H3. The lowest BCUT2D eigenvalue weighted by molar-refractivity contribution is -0.0498. The first-order valence-corrected chi connectivity index (χ1v) is 10.3. The minimum atomic E-state index is -2.90. The zero-order valence-corrected chi connectivity index (χ0v) is 18.2. The van der Waals surface area contributed by atoms with Crippen molar-refractivity contribution in [2.45, 2.75) is 13.2 Å². The summed E-state index contributed by atoms with van der Waals surface area (Å²) in [5.41, 5.74) is 1.82. The molecule has 176 valence electrons. The third-order valence-electron chi connectivity index (χ3n) is 4.80. The summed E-state index contributed by atoms with van der Waals surface area (Å²) in [6, 6.07) is 16.4. The Morgan fingerprint density at radius 2 is 1.79 bits per heavy atom. The van der Waals surface area contributed by atoms with Gasteiger partial charge < -0.3 is 23.3 Å². The van der Waals surface area contributed by atoms with E-state index in [4.69, 9.17) is 14.0 Å². The molecular formula is C24H21F2N3O5. The van der Waals surface area contributed by atoms with Gasteiger partial charge in [-0.15, -0.1) is 0 Å². The van der Waals surface area contributed by atoms with Crippen molar-refractivity contribution < 1.29 is 27.5 Å². The number of aromatic nitrogens is 3. The number of ether oxygens (including phenoxy) is 3. The van der Waals surface area contributed by atoms with Crippen molar-refractivity contribution in [3.63, 3.8) is 0 Å². The molecule has 8 nitrogen and oxygen atoms in total. The van der Waals surface area contributed by atoms with Crippen LogP contribution in [0.1, 0.15) is 5.56 Å². The molecule has 0 fully saturated rings. The minimum absolute atomic E-state index is 0.0266. The van der Waals surface area contributed by atoms with Crippen molar-refractivity contribution in [1.82, 2.24) is 14.7 Å². The summed E-state index contributed by atoms with van der Waals surface area (Å²) in [4.78, 5) is 16.8. The Hall–Kier alpha value is -4.05. The Bertz CT molecular complexity index is 1290. The largest absolute Gasteiger partial charge is 0.491 e. The van der Waals surface area contributed by atoms with Crippen LogP contribution in [0, 0.1) is 0 Å². The topological polar surface area (TPSA) is 88.6 Å². The van der Waals surface area contributed by atoms with Gasteiger partial charge in [-0.25, -0.2) is 0 Å². The van der Waals surface area contributed by atoms with E-state index < -0.39 is 6.61 Å². The fraction of sp³-hybridized carbons (Fsp3) is 0.208. The number of halogens is 2. The predicted molar refractivity (Wildman–Crippen MR) is 119 cm³/mol. The van der Waals surface area contributed by atoms with Crippen molar-refractivity contribution in [2.75, 3.05) is 20.3 Å². The monoisotopic (exact) mass is 469 g/mol. The van der Waals surface area contributed by atoms with E-state index in [2.05, 4.69) is 14.9 Å². The van der Waals surface area contributed by atoms with Gasteiger partial charge in [0.2, 0.25) is 5.82 Å². The highest BCUT2D eigenvalue weighted by Crippen LogP contribution is 2.24. The third kappa shape index (κ3) is 5.84. The zero-order valence-electron chi connectivity index (χ0n) is 18.2. The molecule has 0 radical (unpaired) electrons. The van der Waals surface area contributed by atoms with Crippen molar-refractivity contribution in [3.8, 4) is 34.3 Å². The smallest absolute Gasteiger partial charge is 0.387 e. The van der Waals surface area contributed by atoms with Crippen LogP contribution in [0.5, 0.6) is 11.5 Å². The molecule has 2 aromatic heterocycles. The number of pyridine rings is 1. The lowest BCUT2D eigenvalue weighted by Gasteiger charge is -2.10. The molecular weight excluding hydrogens is 448 g/mol. The molecule has 0 aliphatic carbocycles. The molecule has 34 heavy (non-hydrogen) atoms. The highest BCUT2D eigenvalue weighted by Gasteiger charge is 2.13. The number of benzene rings is 2. The number of alkyl halides is 2. The maximum atomic E-state index is 12.4. The van der Waals surface area contributed by atoms with E-state index in [1.165, 1.54) is 34.9 Å². The van der Waals surface area contributed by atoms with Gasteiger partial charge in [-0.2, -0.15) is 13.8 Å². The Labute approximate surface area is 193 Å². The summed E-state index contributed by atoms with van der Waals surface area (Å²) in [5.74, 6) is 1.20. The predicted octanol–water partition coefficient (Wildman–Crippen LogP) is 4.24. The molecule has 0 unspecified atom stereocenters. The van der Waals surface area contributed by atoms with Crippen LogP contribution >= 0.6 is 0 Å². The number of hydrogen-bond donors (Lipinski definition) is 0. The van der Waals surface area contributed by atoms with Gasteiger partial charge in [-0.05, 0) is 48.0 Å². The second-order valence-corrected chi connectivity index (χ2v) is 7.20. The fourth-order valence-corrected chi connectivity index (χ4v) is 3.20. The van der Waals surface area contributed by atoms with Gasteiger partial charge in [0, 0.05) is 30.5 Å². The molecule has 10 heteroatoms. The van der Waals surface area contributed by atoms with Crippen molar-refractivity contribution in [3.05, 3.63) is 82.8 Å². The summed E-state index contributed by atoms with van der Waals surface area (Å²) in [5, 5.41) is 3.98. The first-order valence-electron chi connectivity index (χ1n) is 10.3. The van der Waals surface area contributed by atoms with Crippen LogP contribution in [-0.2, 0) is 11.3 Å². The molecule has 0 saturated heterocycles. The molecule has 0 bridgehead atoms. The molecule has 4 rings (SSSR count). The van der Waals surface area contributed by atoms with Gasteiger partial charge in [0.05, 0.1) is 13.2 Å². The van der Waals surface area contributed by atoms with Gasteiger partial charge in [0.1, 0.15) is 18.1 Å². The maximum absolute atomic E-state index is 12.4. The molecule has 2 heterocycles. The van der Waals surface area contributed by atoms with Crippen LogP contribution in [0.15, 0.2) is 76.2 Å². The lowest BCUT2D eigenvalue weighted by Crippen LogP contribution is -2.19. The average molecular weight is 469 g/mol. The van der Waals surface area contributed by atoms with E-state index >= 15 is 0 Å². The second-order valence-electron chi connectivity index (χ2n) is 7.20. The van der Waals surface area contributed by atoms with Crippen LogP contribution in [0.4, 0.5) is 8.78 Å². The van der Waals surface area contributed by atoms with E-state index in [0.29, 0.717) is 36.6 Å². The van der Waals surface area contributed by atoms with E-state index in [1.54, 1.807) is 19.4 Å². The molecule has 0 aliphatic heterocycles. The summed E-state index contributed by atoms with van der Waals surface area (Å²) < 4.78 is 46.4. The summed E-state index contributed by atoms with van der Waals surface area (Å²) >= 11 is 0. The normalized spacial score (nSPS) is 11.1. The van der Waals surface area contributed by atoms with Crippen molar-refractivity contribution in [1.29, 1.82) is 0 Å². The molecule has 0 amide bonds. The number of nitrogens with zero attached hydrogens (tertiary/aromatic N) is 3. The van der Waals surface area contributed by atoms with Crippen LogP contribution in [0.25, 0.3) is 22.8 Å². The van der Waals surface area contributed by atoms with Gasteiger partial charge >= 0.3 is 6.61 Å². The minimum Gasteiger partial charge on any atom is -0.491 e. The first kappa shape index (κ1) is 23.1. The van der Waals surface area contributed by atoms with Crippen molar-refractivity contribution >= 4 is 0 Å². The molecule has 0 N–H and O–H groups in total. The second kappa shape index (κ2) is 10.7. The first-order chi connectivity index (χ1) is 16.5. The van der Waals surface area contributed by atoms with Crippen LogP contribution in [0.2, 0.25) is 0 Å². The van der Waals surface area contributed by atoms with Gasteiger partial charge in [-0.3, -0.25) is 4.79 Å². The Balaban J connectivity index is 1.51. The maximum Gasteiger partial charge on any atom is 0.387 e. The average Bonchev–Trinajstić information content (AvgIpc) is 3.31. The lowest BCUT2D eigenvalue weighted by atomic mass is 10.2. The van der Waals surface area contributed by atoms with Gasteiger partial charge in [0.15, 0.2) is 0 Å². The number of hydrogen-bond acceptors (Lipinski definition) is 7. The summed E-state index contributed by atoms with van der Waals surface area (Å²) in [7, 11) is 1.60. The number of rotatable bonds is 10. The summed E-state index contributed by atoms with van der Waals surface area (Å²) in [6.07, 6.45) is 1.65. The molecule has 0 aliphatic rings. The molecule has 0 spiro atoms. The molecule has 4 aromatic rings. The number of methoxy groups -OCH3 is 1. The van der Waals surface area contributed by atoms with Crippen LogP contribution in [0.3, 0.4) is 0 Å². The Morgan fingerprint density at radius 1 is 1.00 bits per heavy atom. The van der Waals surface area contributed by atoms with E-state index in [9.17, 15) is 13.6 Å². The molecule has 2 aromatic carbocycles. The third-order valence-corrected chi connectivity index (χ3v) is 4.80. The fourth-order valence-electron chi connectivity index (χ4n) is 3.20. The van der Waals surface area contributed by atoms with Crippen molar-refractivity contribution in [2.24, 2.45) is 0 Å². The Morgan fingerprint density at radius 3 is 2.56 bits per heavy atom. The Kier molecular flexibility index (Phi) is 7.28. The van der Waals surface area contributed by atoms with E-state index in [-0.39, 0.29) is 23.0 Å². The van der Waals surface area contributed by atoms with Gasteiger partial charge in [-0.1, -0.05) is 17.3 Å². The van der Waals surface area contributed by atoms with E-state index in [0.717, 1.165) is 5.56 Å². The highest BCUT2D eigenvalue weighted by molar-refractivity contribution is 5.59. The SMILES string of the molecule is COCCOc1cccc(Cn2cc(-c3noc(-c4ccc(OC(F)F)cc4)n3)ccc2=O)c1. The summed E-state index contributed by atoms with van der Waals surface area (Å²) in [6.45, 7) is -1.67. The van der Waals surface area contributed by atoms with Crippen LogP contribution in [-0.4, -0.2) is 41.6 Å². The zero-order chi connectivity index (χ0) is 23.9.